The van der Waals surface area contributed by atoms with Crippen molar-refractivity contribution in [2.45, 2.75) is 58.4 Å². The van der Waals surface area contributed by atoms with Gasteiger partial charge in [-0.2, -0.15) is 10.6 Å². The molecule has 0 aliphatic carbocycles. The molecule has 1 fully saturated rings. The molecule has 0 aromatic heterocycles. The molecule has 1 atom stereocenters. The van der Waals surface area contributed by atoms with Crippen LogP contribution in [0.3, 0.4) is 0 Å². The Balaban J connectivity index is 1.98. The summed E-state index contributed by atoms with van der Waals surface area (Å²) >= 11 is 0. The van der Waals surface area contributed by atoms with Gasteiger partial charge in [-0.25, -0.2) is 9.18 Å². The van der Waals surface area contributed by atoms with E-state index in [0.717, 1.165) is 11.3 Å². The predicted octanol–water partition coefficient (Wildman–Crippen LogP) is 6.82. The predicted molar refractivity (Wildman–Crippen MR) is 155 cm³/mol. The Morgan fingerprint density at radius 2 is 1.77 bits per heavy atom. The summed E-state index contributed by atoms with van der Waals surface area (Å²) in [4.78, 5) is 26.7. The van der Waals surface area contributed by atoms with E-state index in [1.54, 1.807) is 12.1 Å². The van der Waals surface area contributed by atoms with Gasteiger partial charge >= 0.3 is 12.0 Å². The van der Waals surface area contributed by atoms with Crippen LogP contribution in [0.1, 0.15) is 57.9 Å². The van der Waals surface area contributed by atoms with E-state index in [4.69, 9.17) is 4.74 Å². The molecular weight excluding hydrogens is 525 g/mol. The Labute approximate surface area is 231 Å². The van der Waals surface area contributed by atoms with Crippen molar-refractivity contribution in [1.82, 2.24) is 0 Å². The van der Waals surface area contributed by atoms with Crippen LogP contribution in [-0.4, -0.2) is 57.4 Å². The first-order valence-electron chi connectivity index (χ1n) is 13.2. The minimum atomic E-state index is -2.57. The summed E-state index contributed by atoms with van der Waals surface area (Å²) in [7, 11) is -1.15. The number of hydrogen-bond donors (Lipinski definition) is 5. The molecule has 1 unspecified atom stereocenters. The molecule has 2 aromatic rings. The van der Waals surface area contributed by atoms with Gasteiger partial charge in [-0.3, -0.25) is 13.9 Å². The third-order valence-corrected chi connectivity index (χ3v) is 8.73. The van der Waals surface area contributed by atoms with Crippen LogP contribution in [0, 0.1) is 11.7 Å². The van der Waals surface area contributed by atoms with Gasteiger partial charge in [0.15, 0.2) is 0 Å². The lowest BCUT2D eigenvalue weighted by molar-refractivity contribution is -0.137. The number of ether oxygens (including phenoxy) is 1. The van der Waals surface area contributed by atoms with Crippen molar-refractivity contribution in [3.05, 3.63) is 47.8 Å². The number of aliphatic carboxylic acids is 1. The van der Waals surface area contributed by atoms with Crippen molar-refractivity contribution in [3.63, 3.8) is 0 Å². The summed E-state index contributed by atoms with van der Waals surface area (Å²) in [5.41, 5.74) is 1.98. The average molecular weight is 566 g/mol. The molecule has 2 aromatic carbocycles. The van der Waals surface area contributed by atoms with Crippen LogP contribution >= 0.6 is 10.6 Å². The van der Waals surface area contributed by atoms with Crippen molar-refractivity contribution in [1.29, 1.82) is 0 Å². The molecule has 1 saturated heterocycles. The van der Waals surface area contributed by atoms with E-state index in [1.165, 1.54) is 19.2 Å². The van der Waals surface area contributed by atoms with Crippen LogP contribution in [0.4, 0.5) is 26.2 Å². The number of carboxylic acids is 1. The fourth-order valence-electron chi connectivity index (χ4n) is 4.91. The Kier molecular flexibility index (Phi) is 10.5. The fraction of sp³-hybridized carbons (Fsp3) is 0.500. The molecule has 5 N–H and O–H groups in total. The van der Waals surface area contributed by atoms with E-state index in [9.17, 15) is 28.2 Å². The van der Waals surface area contributed by atoms with Crippen LogP contribution in [0.2, 0.25) is 0 Å². The van der Waals surface area contributed by atoms with Crippen molar-refractivity contribution in [2.75, 3.05) is 40.7 Å². The smallest absolute Gasteiger partial charge is 0.323 e. The first-order chi connectivity index (χ1) is 18.4. The van der Waals surface area contributed by atoms with Crippen molar-refractivity contribution in [3.8, 4) is 5.75 Å². The molecular formula is C28H40FN3O6S. The number of nitrogens with zero attached hydrogens (tertiary/aromatic N) is 1. The minimum absolute atomic E-state index is 0.0140. The molecule has 0 radical (unpaired) electrons. The van der Waals surface area contributed by atoms with Crippen LogP contribution in [0.5, 0.6) is 5.75 Å². The number of urea groups is 1. The quantitative estimate of drug-likeness (QED) is 0.202. The second-order valence-corrected chi connectivity index (χ2v) is 12.8. The highest BCUT2D eigenvalue weighted by atomic mass is 32.3. The summed E-state index contributed by atoms with van der Waals surface area (Å²) in [6.07, 6.45) is 1.74. The zero-order valence-corrected chi connectivity index (χ0v) is 23.8. The topological polar surface area (TPSA) is 131 Å². The highest BCUT2D eigenvalue weighted by molar-refractivity contribution is 8.24. The Morgan fingerprint density at radius 1 is 1.10 bits per heavy atom. The number of benzene rings is 2. The van der Waals surface area contributed by atoms with Gasteiger partial charge in [-0.1, -0.05) is 26.8 Å². The minimum Gasteiger partial charge on any atom is -0.497 e. The summed E-state index contributed by atoms with van der Waals surface area (Å²) in [6.45, 7) is 6.76. The molecule has 39 heavy (non-hydrogen) atoms. The second-order valence-electron chi connectivity index (χ2n) is 10.4. The van der Waals surface area contributed by atoms with Gasteiger partial charge < -0.3 is 25.4 Å². The van der Waals surface area contributed by atoms with Crippen molar-refractivity contribution >= 4 is 39.7 Å². The third-order valence-electron chi connectivity index (χ3n) is 6.95. The van der Waals surface area contributed by atoms with Gasteiger partial charge in [0, 0.05) is 30.2 Å². The number of carboxylic acid groups (broad SMARTS) is 1. The number of halogens is 1. The lowest BCUT2D eigenvalue weighted by Gasteiger charge is -2.44. The zero-order chi connectivity index (χ0) is 28.7. The Bertz CT molecular complexity index is 1150. The maximum atomic E-state index is 14.5. The zero-order valence-electron chi connectivity index (χ0n) is 22.9. The standard InChI is InChI=1S/C28H40FN3O6S/c1-5-19(15-27(33)34)20-6-9-26(32(17-18(2)3)21-10-12-39(36,37)13-11-21)25(14-20)31-28(35)30-24-8-7-22(38-4)16-23(24)29/h6-9,14,16,18-19,21,36-37H,5,10-13,15,17H2,1-4H3,(H,33,34)(H2,30,31,35). The number of anilines is 3. The molecule has 0 bridgehead atoms. The van der Waals surface area contributed by atoms with Gasteiger partial charge in [0.05, 0.1) is 30.6 Å². The maximum Gasteiger partial charge on any atom is 0.323 e. The monoisotopic (exact) mass is 565 g/mol. The van der Waals surface area contributed by atoms with E-state index >= 15 is 0 Å². The molecule has 216 valence electrons. The van der Waals surface area contributed by atoms with Crippen LogP contribution in [-0.2, 0) is 4.79 Å². The number of nitrogens with one attached hydrogen (secondary N) is 2. The van der Waals surface area contributed by atoms with Crippen molar-refractivity contribution < 1.29 is 32.9 Å². The van der Waals surface area contributed by atoms with Crippen LogP contribution in [0.25, 0.3) is 0 Å². The maximum absolute atomic E-state index is 14.5. The number of amides is 2. The van der Waals surface area contributed by atoms with Crippen molar-refractivity contribution in [2.24, 2.45) is 5.92 Å². The first kappa shape index (κ1) is 30.5. The van der Waals surface area contributed by atoms with E-state index in [0.29, 0.717) is 48.7 Å². The van der Waals surface area contributed by atoms with E-state index in [2.05, 4.69) is 29.4 Å². The van der Waals surface area contributed by atoms with Crippen LogP contribution < -0.4 is 20.3 Å². The number of methoxy groups -OCH3 is 1. The van der Waals surface area contributed by atoms with Gasteiger partial charge in [-0.15, -0.1) is 0 Å². The van der Waals surface area contributed by atoms with Crippen LogP contribution in [0.15, 0.2) is 36.4 Å². The highest BCUT2D eigenvalue weighted by Gasteiger charge is 2.30. The molecule has 3 rings (SSSR count). The largest absolute Gasteiger partial charge is 0.497 e. The summed E-state index contributed by atoms with van der Waals surface area (Å²) in [6, 6.07) is 9.09. The highest BCUT2D eigenvalue weighted by Crippen LogP contribution is 2.46. The van der Waals surface area contributed by atoms with E-state index in [1.807, 2.05) is 19.1 Å². The molecule has 11 heteroatoms. The molecule has 0 spiro atoms. The number of rotatable bonds is 11. The fourth-order valence-corrected chi connectivity index (χ4v) is 6.42. The number of hydrogen-bond acceptors (Lipinski definition) is 6. The molecule has 0 saturated carbocycles. The SMILES string of the molecule is CCC(CC(=O)O)c1ccc(N(CC(C)C)C2CCS(O)(O)CC2)c(NC(=O)Nc2ccc(OC)cc2F)c1. The first-order valence-corrected chi connectivity index (χ1v) is 15.1. The summed E-state index contributed by atoms with van der Waals surface area (Å²) in [5.74, 6) is -0.560. The van der Waals surface area contributed by atoms with Gasteiger partial charge in [0.2, 0.25) is 0 Å². The second kappa shape index (κ2) is 13.4. The van der Waals surface area contributed by atoms with Gasteiger partial charge in [0.1, 0.15) is 11.6 Å². The third kappa shape index (κ3) is 8.48. The summed E-state index contributed by atoms with van der Waals surface area (Å²) in [5, 5.41) is 14.8. The van der Waals surface area contributed by atoms with E-state index in [-0.39, 0.29) is 30.0 Å². The molecule has 2 amide bonds. The Morgan fingerprint density at radius 3 is 2.33 bits per heavy atom. The lowest BCUT2D eigenvalue weighted by Crippen LogP contribution is -2.42. The Hall–Kier alpha value is -3.02. The molecule has 1 aliphatic heterocycles. The normalized spacial score (nSPS) is 16.8. The number of carbonyl (C=O) groups is 2. The van der Waals surface area contributed by atoms with Gasteiger partial charge in [-0.05, 0) is 60.9 Å². The van der Waals surface area contributed by atoms with Gasteiger partial charge in [0.25, 0.3) is 0 Å². The molecule has 1 heterocycles. The molecule has 1 aliphatic rings. The average Bonchev–Trinajstić information content (AvgIpc) is 2.87. The van der Waals surface area contributed by atoms with E-state index < -0.39 is 28.4 Å². The summed E-state index contributed by atoms with van der Waals surface area (Å²) < 4.78 is 39.8. The molecule has 9 nitrogen and oxygen atoms in total. The lowest BCUT2D eigenvalue weighted by atomic mass is 9.92. The number of carbonyl (C=O) groups excluding carboxylic acids is 1.